The van der Waals surface area contributed by atoms with E-state index in [1.165, 1.54) is 18.2 Å². The average molecular weight is 315 g/mol. The molecule has 6 nitrogen and oxygen atoms in total. The van der Waals surface area contributed by atoms with Gasteiger partial charge in [-0.15, -0.1) is 0 Å². The Labute approximate surface area is 122 Å². The number of sulfonamides is 1. The molecule has 2 rings (SSSR count). The number of rotatable bonds is 6. The van der Waals surface area contributed by atoms with E-state index in [-0.39, 0.29) is 9.92 Å². The second-order valence-corrected chi connectivity index (χ2v) is 6.38. The molecule has 0 saturated carbocycles. The molecule has 0 unspecified atom stereocenters. The summed E-state index contributed by atoms with van der Waals surface area (Å²) >= 11 is 5.90. The summed E-state index contributed by atoms with van der Waals surface area (Å²) in [7, 11) is -3.61. The molecule has 1 aromatic heterocycles. The summed E-state index contributed by atoms with van der Waals surface area (Å²) in [5.41, 5.74) is 5.96. The third-order valence-electron chi connectivity index (χ3n) is 2.69. The van der Waals surface area contributed by atoms with Crippen LogP contribution >= 0.6 is 11.6 Å². The number of aryl methyl sites for hydroxylation is 1. The lowest BCUT2D eigenvalue weighted by atomic mass is 10.3. The summed E-state index contributed by atoms with van der Waals surface area (Å²) in [6, 6.07) is 4.32. The van der Waals surface area contributed by atoms with Gasteiger partial charge in [0.2, 0.25) is 10.0 Å². The highest BCUT2D eigenvalue weighted by atomic mass is 35.5. The standard InChI is InChI=1S/C12H15ClN4O2S/c13-11-8-10(14)2-3-12(11)20(18,19)16-4-1-6-17-7-5-15-9-17/h2-3,5,7-9,16H,1,4,6,14H2. The van der Waals surface area contributed by atoms with Gasteiger partial charge in [0.05, 0.1) is 11.3 Å². The van der Waals surface area contributed by atoms with Gasteiger partial charge in [-0.25, -0.2) is 18.1 Å². The van der Waals surface area contributed by atoms with Crippen molar-refractivity contribution in [1.82, 2.24) is 14.3 Å². The largest absolute Gasteiger partial charge is 0.399 e. The maximum absolute atomic E-state index is 12.1. The molecule has 0 saturated heterocycles. The van der Waals surface area contributed by atoms with Crippen LogP contribution in [0.2, 0.25) is 5.02 Å². The number of hydrogen-bond donors (Lipinski definition) is 2. The number of nitrogens with one attached hydrogen (secondary N) is 1. The average Bonchev–Trinajstić information content (AvgIpc) is 2.87. The van der Waals surface area contributed by atoms with Gasteiger partial charge in [0.1, 0.15) is 4.90 Å². The van der Waals surface area contributed by atoms with E-state index < -0.39 is 10.0 Å². The molecule has 0 aliphatic heterocycles. The van der Waals surface area contributed by atoms with E-state index in [9.17, 15) is 8.42 Å². The fraction of sp³-hybridized carbons (Fsp3) is 0.250. The first-order valence-corrected chi connectivity index (χ1v) is 7.85. The van der Waals surface area contributed by atoms with E-state index in [0.29, 0.717) is 25.2 Å². The van der Waals surface area contributed by atoms with E-state index in [2.05, 4.69) is 9.71 Å². The Bertz CT molecular complexity index is 671. The van der Waals surface area contributed by atoms with Crippen LogP contribution in [-0.4, -0.2) is 24.5 Å². The molecule has 0 aliphatic rings. The predicted molar refractivity (Wildman–Crippen MR) is 77.9 cm³/mol. The van der Waals surface area contributed by atoms with Crippen LogP contribution in [0.4, 0.5) is 5.69 Å². The lowest BCUT2D eigenvalue weighted by Gasteiger charge is -2.09. The van der Waals surface area contributed by atoms with Crippen LogP contribution in [0.25, 0.3) is 0 Å². The number of imidazole rings is 1. The molecule has 0 amide bonds. The maximum atomic E-state index is 12.1. The van der Waals surface area contributed by atoms with Gasteiger partial charge in [-0.05, 0) is 24.6 Å². The Hall–Kier alpha value is -1.57. The summed E-state index contributed by atoms with van der Waals surface area (Å²) in [4.78, 5) is 3.95. The highest BCUT2D eigenvalue weighted by molar-refractivity contribution is 7.89. The van der Waals surface area contributed by atoms with Crippen LogP contribution in [-0.2, 0) is 16.6 Å². The second-order valence-electron chi connectivity index (χ2n) is 4.24. The van der Waals surface area contributed by atoms with Gasteiger partial charge < -0.3 is 10.3 Å². The number of anilines is 1. The molecular formula is C12H15ClN4O2S. The minimum Gasteiger partial charge on any atom is -0.399 e. The van der Waals surface area contributed by atoms with Crippen molar-refractivity contribution in [3.8, 4) is 0 Å². The number of nitrogens with two attached hydrogens (primary N) is 1. The van der Waals surface area contributed by atoms with Crippen molar-refractivity contribution >= 4 is 27.3 Å². The number of nitrogen functional groups attached to an aromatic ring is 1. The van der Waals surface area contributed by atoms with Gasteiger partial charge in [-0.2, -0.15) is 0 Å². The van der Waals surface area contributed by atoms with E-state index in [1.807, 2.05) is 10.8 Å². The summed E-state index contributed by atoms with van der Waals surface area (Å²) in [5, 5.41) is 0.118. The quantitative estimate of drug-likeness (QED) is 0.624. The molecule has 108 valence electrons. The van der Waals surface area contributed by atoms with Crippen molar-refractivity contribution in [2.75, 3.05) is 12.3 Å². The molecule has 8 heteroatoms. The van der Waals surface area contributed by atoms with Gasteiger partial charge in [0.15, 0.2) is 0 Å². The van der Waals surface area contributed by atoms with Crippen LogP contribution < -0.4 is 10.5 Å². The molecule has 0 atom stereocenters. The van der Waals surface area contributed by atoms with Gasteiger partial charge in [-0.1, -0.05) is 11.6 Å². The highest BCUT2D eigenvalue weighted by Crippen LogP contribution is 2.23. The molecule has 0 bridgehead atoms. The lowest BCUT2D eigenvalue weighted by molar-refractivity contribution is 0.570. The summed E-state index contributed by atoms with van der Waals surface area (Å²) in [6.45, 7) is 1.01. The van der Waals surface area contributed by atoms with Crippen molar-refractivity contribution in [3.63, 3.8) is 0 Å². The first kappa shape index (κ1) is 14.8. The Morgan fingerprint density at radius 3 is 2.85 bits per heavy atom. The Kier molecular flexibility index (Phi) is 4.64. The van der Waals surface area contributed by atoms with Crippen LogP contribution in [0.5, 0.6) is 0 Å². The fourth-order valence-electron chi connectivity index (χ4n) is 1.70. The second kappa shape index (κ2) is 6.25. The molecule has 3 N–H and O–H groups in total. The van der Waals surface area contributed by atoms with Crippen LogP contribution in [0.3, 0.4) is 0 Å². The number of halogens is 1. The molecule has 20 heavy (non-hydrogen) atoms. The number of benzene rings is 1. The zero-order valence-corrected chi connectivity index (χ0v) is 12.2. The van der Waals surface area contributed by atoms with Crippen molar-refractivity contribution in [1.29, 1.82) is 0 Å². The molecule has 0 fully saturated rings. The third kappa shape index (κ3) is 3.72. The fourth-order valence-corrected chi connectivity index (χ4v) is 3.33. The lowest BCUT2D eigenvalue weighted by Crippen LogP contribution is -2.25. The summed E-state index contributed by atoms with van der Waals surface area (Å²) in [5.74, 6) is 0. The van der Waals surface area contributed by atoms with Gasteiger partial charge >= 0.3 is 0 Å². The van der Waals surface area contributed by atoms with Crippen LogP contribution in [0.1, 0.15) is 6.42 Å². The van der Waals surface area contributed by atoms with Crippen molar-refractivity contribution < 1.29 is 8.42 Å². The summed E-state index contributed by atoms with van der Waals surface area (Å²) in [6.07, 6.45) is 5.84. The van der Waals surface area contributed by atoms with Gasteiger partial charge in [0.25, 0.3) is 0 Å². The monoisotopic (exact) mass is 314 g/mol. The SMILES string of the molecule is Nc1ccc(S(=O)(=O)NCCCn2ccnc2)c(Cl)c1. The van der Waals surface area contributed by atoms with Crippen molar-refractivity contribution in [2.45, 2.75) is 17.9 Å². The molecule has 0 spiro atoms. The van der Waals surface area contributed by atoms with E-state index >= 15 is 0 Å². The third-order valence-corrected chi connectivity index (χ3v) is 4.63. The molecule has 1 aromatic carbocycles. The zero-order valence-electron chi connectivity index (χ0n) is 10.7. The molecule has 2 aromatic rings. The van der Waals surface area contributed by atoms with E-state index in [1.54, 1.807) is 12.5 Å². The first-order valence-electron chi connectivity index (χ1n) is 5.99. The van der Waals surface area contributed by atoms with Crippen molar-refractivity contribution in [3.05, 3.63) is 41.9 Å². The van der Waals surface area contributed by atoms with Gasteiger partial charge in [-0.3, -0.25) is 0 Å². The Morgan fingerprint density at radius 2 is 2.20 bits per heavy atom. The highest BCUT2D eigenvalue weighted by Gasteiger charge is 2.17. The predicted octanol–water partition coefficient (Wildman–Crippen LogP) is 1.49. The molecule has 0 aliphatic carbocycles. The number of aromatic nitrogens is 2. The zero-order chi connectivity index (χ0) is 14.6. The Morgan fingerprint density at radius 1 is 1.40 bits per heavy atom. The molecule has 0 radical (unpaired) electrons. The number of nitrogens with zero attached hydrogens (tertiary/aromatic N) is 2. The van der Waals surface area contributed by atoms with Crippen molar-refractivity contribution in [2.24, 2.45) is 0 Å². The summed E-state index contributed by atoms with van der Waals surface area (Å²) < 4.78 is 28.5. The molecule has 1 heterocycles. The maximum Gasteiger partial charge on any atom is 0.242 e. The Balaban J connectivity index is 1.93. The van der Waals surface area contributed by atoms with E-state index in [0.717, 1.165) is 0 Å². The molecular weight excluding hydrogens is 300 g/mol. The minimum atomic E-state index is -3.61. The van der Waals surface area contributed by atoms with Gasteiger partial charge in [0, 0.05) is 31.2 Å². The van der Waals surface area contributed by atoms with Crippen LogP contribution in [0.15, 0.2) is 41.8 Å². The topological polar surface area (TPSA) is 90.0 Å². The van der Waals surface area contributed by atoms with E-state index in [4.69, 9.17) is 17.3 Å². The number of hydrogen-bond acceptors (Lipinski definition) is 4. The minimum absolute atomic E-state index is 0.0380. The van der Waals surface area contributed by atoms with Crippen LogP contribution in [0, 0.1) is 0 Å². The smallest absolute Gasteiger partial charge is 0.242 e. The first-order chi connectivity index (χ1) is 9.49. The normalized spacial score (nSPS) is 11.7.